The predicted octanol–water partition coefficient (Wildman–Crippen LogP) is 7.53. The lowest BCUT2D eigenvalue weighted by Crippen LogP contribution is -2.51. The van der Waals surface area contributed by atoms with Gasteiger partial charge in [-0.15, -0.1) is 0 Å². The van der Waals surface area contributed by atoms with E-state index in [1.807, 2.05) is 53.7 Å². The van der Waals surface area contributed by atoms with Gasteiger partial charge in [-0.1, -0.05) is 90.1 Å². The molecule has 14 heteroatoms. The molecule has 0 fully saturated rings. The Balaban J connectivity index is 1.26. The Morgan fingerprint density at radius 1 is 0.603 bits per heavy atom. The van der Waals surface area contributed by atoms with Crippen LogP contribution in [0.1, 0.15) is 66.0 Å². The van der Waals surface area contributed by atoms with Crippen molar-refractivity contribution in [1.29, 1.82) is 0 Å². The second kappa shape index (κ2) is 19.8. The molecule has 2 aromatic heterocycles. The van der Waals surface area contributed by atoms with Gasteiger partial charge in [-0.2, -0.15) is 0 Å². The van der Waals surface area contributed by atoms with E-state index >= 15 is 0 Å². The summed E-state index contributed by atoms with van der Waals surface area (Å²) >= 11 is 0. The zero-order chi connectivity index (χ0) is 41.9. The average molecular weight is 793 g/mol. The van der Waals surface area contributed by atoms with Crippen LogP contribution in [0, 0.1) is 11.8 Å². The summed E-state index contributed by atoms with van der Waals surface area (Å²) in [6.07, 6.45) is 3.79. The number of H-pyrrole nitrogens is 2. The number of benzene rings is 3. The van der Waals surface area contributed by atoms with E-state index in [2.05, 4.69) is 79.1 Å². The average Bonchev–Trinajstić information content (AvgIpc) is 3.90. The standard InChI is InChI=1S/C44H56N8O6/c1-9-19-51(41(53)39(27(3)4)49-43(55)57-7)25-37-45-23-35(47-37)30-13-11-29(12-14-30)31-15-16-33-22-34(18-17-32(33)21-31)36-24-46-38(48-36)26-52(20-10-2)42(54)40(28(5)6)50-44(56)58-8/h11-18,21-24,27-28,39-40H,9-10,19-20,25-26H2,1-8H3,(H,45,47)(H,46,48)(H,49,55)(H,50,56)/t39-,40-/m0/s1. The number of hydrogen-bond acceptors (Lipinski definition) is 8. The molecule has 0 radical (unpaired) electrons. The number of nitrogens with zero attached hydrogens (tertiary/aromatic N) is 4. The van der Waals surface area contributed by atoms with Gasteiger partial charge in [-0.05, 0) is 64.3 Å². The molecule has 0 aliphatic rings. The Bertz CT molecular complexity index is 2180. The van der Waals surface area contributed by atoms with Gasteiger partial charge in [0.15, 0.2) is 0 Å². The molecule has 3 aromatic carbocycles. The lowest BCUT2D eigenvalue weighted by atomic mass is 9.98. The van der Waals surface area contributed by atoms with E-state index < -0.39 is 24.3 Å². The van der Waals surface area contributed by atoms with Crippen molar-refractivity contribution in [1.82, 2.24) is 40.4 Å². The summed E-state index contributed by atoms with van der Waals surface area (Å²) in [4.78, 5) is 70.2. The zero-order valence-corrected chi connectivity index (χ0v) is 34.7. The first-order chi connectivity index (χ1) is 27.8. The molecule has 0 saturated heterocycles. The molecule has 0 bridgehead atoms. The molecule has 0 aliphatic heterocycles. The van der Waals surface area contributed by atoms with Crippen molar-refractivity contribution in [3.05, 3.63) is 84.7 Å². The summed E-state index contributed by atoms with van der Waals surface area (Å²) in [6.45, 7) is 13.2. The van der Waals surface area contributed by atoms with E-state index in [4.69, 9.17) is 9.47 Å². The summed E-state index contributed by atoms with van der Waals surface area (Å²) in [5.74, 6) is 0.701. The molecule has 58 heavy (non-hydrogen) atoms. The third-order valence-corrected chi connectivity index (χ3v) is 10.0. The maximum Gasteiger partial charge on any atom is 0.407 e. The molecule has 0 saturated carbocycles. The maximum atomic E-state index is 13.5. The zero-order valence-electron chi connectivity index (χ0n) is 34.7. The van der Waals surface area contributed by atoms with Crippen molar-refractivity contribution in [3.63, 3.8) is 0 Å². The van der Waals surface area contributed by atoms with Crippen LogP contribution in [0.3, 0.4) is 0 Å². The van der Waals surface area contributed by atoms with Crippen LogP contribution in [0.25, 0.3) is 44.4 Å². The van der Waals surface area contributed by atoms with Gasteiger partial charge in [-0.25, -0.2) is 19.6 Å². The number of hydrogen-bond donors (Lipinski definition) is 4. The fourth-order valence-corrected chi connectivity index (χ4v) is 6.84. The fourth-order valence-electron chi connectivity index (χ4n) is 6.84. The number of aromatic amines is 2. The van der Waals surface area contributed by atoms with E-state index in [1.54, 1.807) is 22.2 Å². The van der Waals surface area contributed by atoms with Crippen LogP contribution in [0.4, 0.5) is 9.59 Å². The van der Waals surface area contributed by atoms with Crippen molar-refractivity contribution >= 4 is 34.8 Å². The molecule has 5 rings (SSSR count). The Hall–Kier alpha value is -6.18. The van der Waals surface area contributed by atoms with Gasteiger partial charge in [0.25, 0.3) is 0 Å². The third kappa shape index (κ3) is 10.6. The molecule has 308 valence electrons. The van der Waals surface area contributed by atoms with Crippen molar-refractivity contribution in [2.24, 2.45) is 11.8 Å². The number of carbonyl (C=O) groups is 4. The van der Waals surface area contributed by atoms with E-state index in [1.165, 1.54) is 14.2 Å². The number of ether oxygens (including phenoxy) is 2. The number of amides is 4. The van der Waals surface area contributed by atoms with Gasteiger partial charge in [0.1, 0.15) is 23.7 Å². The summed E-state index contributed by atoms with van der Waals surface area (Å²) in [6, 6.07) is 19.5. The Kier molecular flexibility index (Phi) is 14.7. The van der Waals surface area contributed by atoms with E-state index in [9.17, 15) is 19.2 Å². The van der Waals surface area contributed by atoms with Crippen molar-refractivity contribution in [3.8, 4) is 33.6 Å². The van der Waals surface area contributed by atoms with E-state index in [-0.39, 0.29) is 36.7 Å². The molecule has 14 nitrogen and oxygen atoms in total. The quantitative estimate of drug-likeness (QED) is 0.0748. The minimum Gasteiger partial charge on any atom is -0.453 e. The number of nitrogens with one attached hydrogen (secondary N) is 4. The lowest BCUT2D eigenvalue weighted by molar-refractivity contribution is -0.135. The summed E-state index contributed by atoms with van der Waals surface area (Å²) in [5, 5.41) is 7.52. The largest absolute Gasteiger partial charge is 0.453 e. The van der Waals surface area contributed by atoms with Crippen LogP contribution in [0.2, 0.25) is 0 Å². The monoisotopic (exact) mass is 792 g/mol. The number of aromatic nitrogens is 4. The Labute approximate surface area is 340 Å². The molecule has 0 unspecified atom stereocenters. The molecule has 2 heterocycles. The van der Waals surface area contributed by atoms with Crippen LogP contribution in [-0.4, -0.2) is 93.1 Å². The number of methoxy groups -OCH3 is 2. The number of imidazole rings is 2. The van der Waals surface area contributed by atoms with Gasteiger partial charge in [-0.3, -0.25) is 9.59 Å². The number of rotatable bonds is 17. The molecule has 4 amide bonds. The van der Waals surface area contributed by atoms with Crippen LogP contribution in [0.15, 0.2) is 73.1 Å². The van der Waals surface area contributed by atoms with Crippen molar-refractivity contribution in [2.45, 2.75) is 79.6 Å². The topological polar surface area (TPSA) is 175 Å². The first kappa shape index (κ1) is 43.0. The van der Waals surface area contributed by atoms with Gasteiger partial charge in [0.05, 0.1) is 51.1 Å². The number of alkyl carbamates (subject to hydrolysis) is 2. The summed E-state index contributed by atoms with van der Waals surface area (Å²) in [5.41, 5.74) is 5.77. The lowest BCUT2D eigenvalue weighted by Gasteiger charge is -2.28. The van der Waals surface area contributed by atoms with Gasteiger partial charge < -0.3 is 39.9 Å². The molecular formula is C44H56N8O6. The fraction of sp³-hybridized carbons (Fsp3) is 0.409. The highest BCUT2D eigenvalue weighted by molar-refractivity contribution is 5.91. The van der Waals surface area contributed by atoms with Crippen LogP contribution in [0.5, 0.6) is 0 Å². The smallest absolute Gasteiger partial charge is 0.407 e. The summed E-state index contributed by atoms with van der Waals surface area (Å²) in [7, 11) is 2.56. The molecule has 4 N–H and O–H groups in total. The second-order valence-electron chi connectivity index (χ2n) is 15.1. The third-order valence-electron chi connectivity index (χ3n) is 10.0. The highest BCUT2D eigenvalue weighted by Gasteiger charge is 2.30. The maximum absolute atomic E-state index is 13.5. The van der Waals surface area contributed by atoms with Gasteiger partial charge in [0, 0.05) is 18.7 Å². The summed E-state index contributed by atoms with van der Waals surface area (Å²) < 4.78 is 9.49. The molecular weight excluding hydrogens is 737 g/mol. The number of fused-ring (bicyclic) bond motifs is 1. The van der Waals surface area contributed by atoms with Gasteiger partial charge >= 0.3 is 12.2 Å². The second-order valence-corrected chi connectivity index (χ2v) is 15.1. The molecule has 0 spiro atoms. The van der Waals surface area contributed by atoms with E-state index in [0.717, 1.165) is 57.3 Å². The first-order valence-corrected chi connectivity index (χ1v) is 19.8. The highest BCUT2D eigenvalue weighted by atomic mass is 16.5. The van der Waals surface area contributed by atoms with E-state index in [0.29, 0.717) is 24.7 Å². The molecule has 2 atom stereocenters. The van der Waals surface area contributed by atoms with Crippen LogP contribution < -0.4 is 10.6 Å². The normalized spacial score (nSPS) is 12.3. The van der Waals surface area contributed by atoms with Crippen molar-refractivity contribution < 1.29 is 28.7 Å². The van der Waals surface area contributed by atoms with Crippen molar-refractivity contribution in [2.75, 3.05) is 27.3 Å². The SMILES string of the molecule is CCCN(Cc1ncc(-c2ccc(-c3ccc4cc(-c5cnc(CN(CCC)C(=O)[C@@H](NC(=O)OC)C(C)C)[nH]5)ccc4c3)cc2)[nH]1)C(=O)[C@@H](NC(=O)OC)C(C)C. The predicted molar refractivity (Wildman–Crippen MR) is 224 cm³/mol. The first-order valence-electron chi connectivity index (χ1n) is 19.8. The Morgan fingerprint density at radius 3 is 1.43 bits per heavy atom. The molecule has 5 aromatic rings. The number of carbonyl (C=O) groups excluding carboxylic acids is 4. The minimum absolute atomic E-state index is 0.121. The molecule has 0 aliphatic carbocycles. The van der Waals surface area contributed by atoms with Gasteiger partial charge in [0.2, 0.25) is 11.8 Å². The Morgan fingerprint density at radius 2 is 1.00 bits per heavy atom. The minimum atomic E-state index is -0.711. The highest BCUT2D eigenvalue weighted by Crippen LogP contribution is 2.30. The van der Waals surface area contributed by atoms with Crippen LogP contribution >= 0.6 is 0 Å². The van der Waals surface area contributed by atoms with Crippen LogP contribution in [-0.2, 0) is 32.2 Å².